The molecule has 0 amide bonds. The number of nitrogens with one attached hydrogen (secondary N) is 1. The molecule has 86 valence electrons. The first kappa shape index (κ1) is 11.6. The van der Waals surface area contributed by atoms with Crippen LogP contribution >= 0.6 is 22.6 Å². The maximum atomic E-state index is 11.2. The Morgan fingerprint density at radius 1 is 1.44 bits per heavy atom. The van der Waals surface area contributed by atoms with Gasteiger partial charge >= 0.3 is 0 Å². The Bertz CT molecular complexity index is 648. The van der Waals surface area contributed by atoms with Crippen molar-refractivity contribution in [3.05, 3.63) is 21.8 Å². The molecule has 16 heavy (non-hydrogen) atoms. The maximum absolute atomic E-state index is 11.2. The Labute approximate surface area is 107 Å². The number of sulfonamides is 1. The fourth-order valence-electron chi connectivity index (χ4n) is 1.54. The predicted octanol–water partition coefficient (Wildman–Crippen LogP) is 1.55. The number of hydrogen-bond acceptors (Lipinski definition) is 3. The molecular formula is C9H10IN3O2S. The largest absolute Gasteiger partial charge is 0.266 e. The van der Waals surface area contributed by atoms with Crippen LogP contribution < -0.4 is 4.72 Å². The molecule has 0 saturated carbocycles. The summed E-state index contributed by atoms with van der Waals surface area (Å²) in [5.41, 5.74) is 0.925. The summed E-state index contributed by atoms with van der Waals surface area (Å²) in [5.74, 6) is 0.374. The first-order valence-corrected chi connectivity index (χ1v) is 7.44. The van der Waals surface area contributed by atoms with E-state index in [9.17, 15) is 8.42 Å². The lowest BCUT2D eigenvalue weighted by molar-refractivity contribution is 0.606. The van der Waals surface area contributed by atoms with Crippen molar-refractivity contribution >= 4 is 49.3 Å². The molecule has 5 nitrogen and oxygen atoms in total. The third kappa shape index (κ3) is 2.14. The summed E-state index contributed by atoms with van der Waals surface area (Å²) in [5, 5.41) is 4.96. The highest BCUT2D eigenvalue weighted by molar-refractivity contribution is 14.1. The average Bonchev–Trinajstić information content (AvgIpc) is 2.42. The molecule has 0 aliphatic rings. The molecule has 2 rings (SSSR count). The zero-order valence-electron chi connectivity index (χ0n) is 8.73. The van der Waals surface area contributed by atoms with E-state index in [4.69, 9.17) is 0 Å². The van der Waals surface area contributed by atoms with Gasteiger partial charge in [-0.2, -0.15) is 5.10 Å². The van der Waals surface area contributed by atoms with Crippen molar-refractivity contribution < 1.29 is 8.42 Å². The van der Waals surface area contributed by atoms with E-state index in [1.165, 1.54) is 0 Å². The second kappa shape index (κ2) is 3.88. The van der Waals surface area contributed by atoms with Crippen LogP contribution in [0, 0.1) is 3.57 Å². The van der Waals surface area contributed by atoms with Crippen LogP contribution in [0.3, 0.4) is 0 Å². The Morgan fingerprint density at radius 2 is 2.12 bits per heavy atom. The van der Waals surface area contributed by atoms with E-state index in [1.807, 2.05) is 18.2 Å². The molecular weight excluding hydrogens is 341 g/mol. The first-order chi connectivity index (χ1) is 7.38. The van der Waals surface area contributed by atoms with Gasteiger partial charge in [-0.05, 0) is 34.7 Å². The molecule has 0 aliphatic heterocycles. The minimum atomic E-state index is -3.30. The van der Waals surface area contributed by atoms with Crippen LogP contribution in [0.5, 0.6) is 0 Å². The topological polar surface area (TPSA) is 64.0 Å². The summed E-state index contributed by atoms with van der Waals surface area (Å²) < 4.78 is 27.5. The Kier molecular flexibility index (Phi) is 2.82. The lowest BCUT2D eigenvalue weighted by atomic mass is 10.2. The van der Waals surface area contributed by atoms with Gasteiger partial charge in [-0.3, -0.25) is 9.40 Å². The van der Waals surface area contributed by atoms with Crippen LogP contribution in [0.4, 0.5) is 5.82 Å². The summed E-state index contributed by atoms with van der Waals surface area (Å²) in [6, 6.07) is 5.67. The normalized spacial score (nSPS) is 11.9. The van der Waals surface area contributed by atoms with Crippen molar-refractivity contribution in [1.29, 1.82) is 0 Å². The Balaban J connectivity index is 2.69. The van der Waals surface area contributed by atoms with Gasteiger partial charge in [0.15, 0.2) is 5.82 Å². The standard InChI is InChI=1S/C9H10IN3O2S/c1-13-8-6(4-3-5-7(8)10)9(11-13)12-16(2,14)15/h3-5H,1-2H3,(H,11,12). The fourth-order valence-corrected chi connectivity index (χ4v) is 2.89. The highest BCUT2D eigenvalue weighted by atomic mass is 127. The van der Waals surface area contributed by atoms with Gasteiger partial charge in [-0.1, -0.05) is 6.07 Å². The molecule has 0 radical (unpaired) electrons. The Morgan fingerprint density at radius 3 is 2.75 bits per heavy atom. The van der Waals surface area contributed by atoms with E-state index < -0.39 is 10.0 Å². The lowest BCUT2D eigenvalue weighted by Crippen LogP contribution is -2.10. The van der Waals surface area contributed by atoms with Crippen molar-refractivity contribution in [2.45, 2.75) is 0 Å². The zero-order chi connectivity index (χ0) is 11.9. The van der Waals surface area contributed by atoms with Crippen LogP contribution in [0.15, 0.2) is 18.2 Å². The summed E-state index contributed by atoms with van der Waals surface area (Å²) in [6.45, 7) is 0. The molecule has 0 aliphatic carbocycles. The molecule has 0 unspecified atom stereocenters. The third-order valence-corrected chi connectivity index (χ3v) is 3.53. The molecule has 0 saturated heterocycles. The van der Waals surface area contributed by atoms with Crippen molar-refractivity contribution in [2.75, 3.05) is 11.0 Å². The number of halogens is 1. The molecule has 0 spiro atoms. The number of benzene rings is 1. The van der Waals surface area contributed by atoms with E-state index in [2.05, 4.69) is 32.4 Å². The van der Waals surface area contributed by atoms with Crippen molar-refractivity contribution in [1.82, 2.24) is 9.78 Å². The summed E-state index contributed by atoms with van der Waals surface area (Å²) in [7, 11) is -1.51. The molecule has 7 heteroatoms. The molecule has 1 aromatic heterocycles. The monoisotopic (exact) mass is 351 g/mol. The predicted molar refractivity (Wildman–Crippen MR) is 71.9 cm³/mol. The first-order valence-electron chi connectivity index (χ1n) is 4.47. The third-order valence-electron chi connectivity index (χ3n) is 2.10. The van der Waals surface area contributed by atoms with E-state index >= 15 is 0 Å². The van der Waals surface area contributed by atoms with Crippen LogP contribution in [0.25, 0.3) is 10.9 Å². The van der Waals surface area contributed by atoms with Crippen LogP contribution in [-0.4, -0.2) is 24.5 Å². The van der Waals surface area contributed by atoms with Crippen LogP contribution in [0.1, 0.15) is 0 Å². The SMILES string of the molecule is Cn1nc(NS(C)(=O)=O)c2cccc(I)c21. The quantitative estimate of drug-likeness (QED) is 0.835. The molecule has 2 aromatic rings. The molecule has 0 fully saturated rings. The second-order valence-electron chi connectivity index (χ2n) is 3.48. The smallest absolute Gasteiger partial charge is 0.231 e. The van der Waals surface area contributed by atoms with Gasteiger partial charge < -0.3 is 0 Å². The molecule has 0 atom stereocenters. The van der Waals surface area contributed by atoms with Gasteiger partial charge in [0.2, 0.25) is 10.0 Å². The fraction of sp³-hybridized carbons (Fsp3) is 0.222. The van der Waals surface area contributed by atoms with Gasteiger partial charge in [-0.15, -0.1) is 0 Å². The second-order valence-corrected chi connectivity index (χ2v) is 6.39. The van der Waals surface area contributed by atoms with E-state index in [1.54, 1.807) is 11.7 Å². The highest BCUT2D eigenvalue weighted by Gasteiger charge is 2.13. The number of aryl methyl sites for hydroxylation is 1. The minimum absolute atomic E-state index is 0.374. The Hall–Kier alpha value is -0.830. The highest BCUT2D eigenvalue weighted by Crippen LogP contribution is 2.26. The maximum Gasteiger partial charge on any atom is 0.231 e. The number of fused-ring (bicyclic) bond motifs is 1. The zero-order valence-corrected chi connectivity index (χ0v) is 11.7. The molecule has 1 N–H and O–H groups in total. The number of hydrogen-bond donors (Lipinski definition) is 1. The van der Waals surface area contributed by atoms with E-state index in [0.717, 1.165) is 20.7 Å². The summed E-state index contributed by atoms with van der Waals surface area (Å²) >= 11 is 2.20. The van der Waals surface area contributed by atoms with Crippen molar-refractivity contribution in [2.24, 2.45) is 7.05 Å². The molecule has 1 aromatic carbocycles. The number of para-hydroxylation sites is 1. The van der Waals surface area contributed by atoms with Crippen molar-refractivity contribution in [3.8, 4) is 0 Å². The van der Waals surface area contributed by atoms with Crippen LogP contribution in [0.2, 0.25) is 0 Å². The van der Waals surface area contributed by atoms with Gasteiger partial charge in [-0.25, -0.2) is 8.42 Å². The molecule has 1 heterocycles. The number of aromatic nitrogens is 2. The lowest BCUT2D eigenvalue weighted by Gasteiger charge is -1.99. The number of anilines is 1. The summed E-state index contributed by atoms with van der Waals surface area (Å²) in [4.78, 5) is 0. The van der Waals surface area contributed by atoms with Gasteiger partial charge in [0.1, 0.15) is 0 Å². The van der Waals surface area contributed by atoms with E-state index in [-0.39, 0.29) is 0 Å². The summed E-state index contributed by atoms with van der Waals surface area (Å²) in [6.07, 6.45) is 1.11. The average molecular weight is 351 g/mol. The van der Waals surface area contributed by atoms with Crippen LogP contribution in [-0.2, 0) is 17.1 Å². The van der Waals surface area contributed by atoms with Gasteiger partial charge in [0.25, 0.3) is 0 Å². The number of rotatable bonds is 2. The van der Waals surface area contributed by atoms with Crippen molar-refractivity contribution in [3.63, 3.8) is 0 Å². The number of nitrogens with zero attached hydrogens (tertiary/aromatic N) is 2. The van der Waals surface area contributed by atoms with Gasteiger partial charge in [0.05, 0.1) is 11.8 Å². The molecule has 0 bridgehead atoms. The minimum Gasteiger partial charge on any atom is -0.266 e. The van der Waals surface area contributed by atoms with Gasteiger partial charge in [0, 0.05) is 16.0 Å². The van der Waals surface area contributed by atoms with E-state index in [0.29, 0.717) is 5.82 Å².